The van der Waals surface area contributed by atoms with Crippen LogP contribution in [-0.2, 0) is 19.0 Å². The van der Waals surface area contributed by atoms with Crippen molar-refractivity contribution in [2.45, 2.75) is 25.9 Å². The molecule has 0 atom stereocenters. The molecule has 0 aliphatic heterocycles. The largest absolute Gasteiger partial charge is 0.416 e. The van der Waals surface area contributed by atoms with E-state index in [-0.39, 0.29) is 0 Å². The number of rotatable bonds is 2. The Hall–Kier alpha value is -2.75. The van der Waals surface area contributed by atoms with Gasteiger partial charge in [-0.3, -0.25) is 0 Å². The first-order valence-corrected chi connectivity index (χ1v) is 8.97. The van der Waals surface area contributed by atoms with Gasteiger partial charge in [-0.05, 0) is 78.4 Å². The maximum atomic E-state index is 12.8. The molecule has 4 heteroatoms. The maximum Gasteiger partial charge on any atom is 0.416 e. The number of aryl methyl sites for hydroxylation is 3. The molecule has 4 rings (SSSR count). The highest BCUT2D eigenvalue weighted by Crippen LogP contribution is 2.37. The van der Waals surface area contributed by atoms with Crippen molar-refractivity contribution < 1.29 is 13.2 Å². The third kappa shape index (κ3) is 3.32. The van der Waals surface area contributed by atoms with Gasteiger partial charge in [-0.1, -0.05) is 29.8 Å². The van der Waals surface area contributed by atoms with E-state index in [9.17, 15) is 13.2 Å². The van der Waals surface area contributed by atoms with Gasteiger partial charge in [-0.15, -0.1) is 0 Å². The zero-order chi connectivity index (χ0) is 19.2. The number of hydrogen-bond donors (Lipinski definition) is 0. The summed E-state index contributed by atoms with van der Waals surface area (Å²) in [4.78, 5) is 1.92. The van der Waals surface area contributed by atoms with Crippen molar-refractivity contribution in [3.8, 4) is 11.1 Å². The molecule has 1 aliphatic carbocycles. The van der Waals surface area contributed by atoms with Crippen LogP contribution in [0.3, 0.4) is 0 Å². The average molecular weight is 367 g/mol. The van der Waals surface area contributed by atoms with Crippen molar-refractivity contribution in [3.63, 3.8) is 0 Å². The summed E-state index contributed by atoms with van der Waals surface area (Å²) in [5.74, 6) is 0. The molecule has 3 aromatic rings. The Kier molecular flexibility index (Phi) is 4.22. The minimum atomic E-state index is -4.31. The number of alkyl halides is 3. The highest BCUT2D eigenvalue weighted by molar-refractivity contribution is 5.77. The van der Waals surface area contributed by atoms with Gasteiger partial charge in [0, 0.05) is 18.4 Å². The summed E-state index contributed by atoms with van der Waals surface area (Å²) in [5.41, 5.74) is 7.55. The summed E-state index contributed by atoms with van der Waals surface area (Å²) in [6, 6.07) is 18.2. The Morgan fingerprint density at radius 1 is 0.741 bits per heavy atom. The monoisotopic (exact) mass is 367 g/mol. The van der Waals surface area contributed by atoms with Gasteiger partial charge in [-0.25, -0.2) is 0 Å². The number of halogens is 3. The summed E-state index contributed by atoms with van der Waals surface area (Å²) in [6.45, 7) is 2.11. The van der Waals surface area contributed by atoms with E-state index in [1.807, 2.05) is 18.0 Å². The lowest BCUT2D eigenvalue weighted by atomic mass is 9.84. The van der Waals surface area contributed by atoms with Gasteiger partial charge in [0.05, 0.1) is 5.56 Å². The molecule has 1 nitrogen and oxygen atoms in total. The molecule has 0 aromatic heterocycles. The van der Waals surface area contributed by atoms with Gasteiger partial charge in [0.1, 0.15) is 0 Å². The van der Waals surface area contributed by atoms with Gasteiger partial charge in [0.15, 0.2) is 0 Å². The lowest BCUT2D eigenvalue weighted by molar-refractivity contribution is -0.137. The molecule has 138 valence electrons. The number of benzene rings is 3. The van der Waals surface area contributed by atoms with E-state index in [1.165, 1.54) is 39.9 Å². The fraction of sp³-hybridized carbons (Fsp3) is 0.217. The molecule has 3 aromatic carbocycles. The van der Waals surface area contributed by atoms with Crippen LogP contribution < -0.4 is 4.90 Å². The number of anilines is 2. The van der Waals surface area contributed by atoms with Crippen molar-refractivity contribution in [2.24, 2.45) is 0 Å². The lowest BCUT2D eigenvalue weighted by Gasteiger charge is -2.25. The molecule has 0 heterocycles. The van der Waals surface area contributed by atoms with Crippen LogP contribution in [0.15, 0.2) is 60.7 Å². The quantitative estimate of drug-likeness (QED) is 0.497. The summed E-state index contributed by atoms with van der Waals surface area (Å²) in [6.07, 6.45) is -2.33. The topological polar surface area (TPSA) is 3.24 Å². The van der Waals surface area contributed by atoms with E-state index in [2.05, 4.69) is 37.3 Å². The number of nitrogens with zero attached hydrogens (tertiary/aromatic N) is 1. The first kappa shape index (κ1) is 17.7. The smallest absolute Gasteiger partial charge is 0.345 e. The van der Waals surface area contributed by atoms with Crippen molar-refractivity contribution in [1.82, 2.24) is 0 Å². The van der Waals surface area contributed by atoms with Crippen molar-refractivity contribution in [1.29, 1.82) is 0 Å². The van der Waals surface area contributed by atoms with E-state index >= 15 is 0 Å². The van der Waals surface area contributed by atoms with Crippen LogP contribution in [0.5, 0.6) is 0 Å². The third-order valence-corrected chi connectivity index (χ3v) is 5.27. The van der Waals surface area contributed by atoms with Crippen molar-refractivity contribution in [2.75, 3.05) is 11.9 Å². The maximum absolute atomic E-state index is 12.8. The lowest BCUT2D eigenvalue weighted by Crippen LogP contribution is -2.12. The molecule has 0 N–H and O–H groups in total. The molecule has 0 bridgehead atoms. The number of fused-ring (bicyclic) bond motifs is 3. The standard InChI is InChI=1S/C23H20F3N/c1-15-3-11-21-16(13-15)4-5-17-14-20(10-12-22(17)21)27(2)19-8-6-18(7-9-19)23(24,25)26/h3,6-14H,4-5H2,1-2H3. The summed E-state index contributed by atoms with van der Waals surface area (Å²) >= 11 is 0. The van der Waals surface area contributed by atoms with Crippen LogP contribution in [0, 0.1) is 6.92 Å². The second-order valence-corrected chi connectivity index (χ2v) is 7.11. The molecular formula is C23H20F3N. The summed E-state index contributed by atoms with van der Waals surface area (Å²) in [5, 5.41) is 0. The van der Waals surface area contributed by atoms with Crippen LogP contribution >= 0.6 is 0 Å². The zero-order valence-corrected chi connectivity index (χ0v) is 15.3. The van der Waals surface area contributed by atoms with E-state index in [0.29, 0.717) is 0 Å². The van der Waals surface area contributed by atoms with Crippen molar-refractivity contribution >= 4 is 11.4 Å². The Labute approximate surface area is 157 Å². The highest BCUT2D eigenvalue weighted by atomic mass is 19.4. The predicted molar refractivity (Wildman–Crippen MR) is 104 cm³/mol. The fourth-order valence-electron chi connectivity index (χ4n) is 3.74. The predicted octanol–water partition coefficient (Wildman–Crippen LogP) is 6.55. The van der Waals surface area contributed by atoms with E-state index in [4.69, 9.17) is 0 Å². The molecule has 0 unspecified atom stereocenters. The van der Waals surface area contributed by atoms with Crippen LogP contribution in [0.2, 0.25) is 0 Å². The first-order chi connectivity index (χ1) is 12.8. The minimum Gasteiger partial charge on any atom is -0.345 e. The SMILES string of the molecule is Cc1ccc2c(c1)CCc1cc(N(C)c3ccc(C(F)(F)F)cc3)ccc1-2. The molecule has 0 saturated heterocycles. The minimum absolute atomic E-state index is 0.628. The van der Waals surface area contributed by atoms with Crippen LogP contribution in [0.25, 0.3) is 11.1 Å². The van der Waals surface area contributed by atoms with E-state index in [0.717, 1.165) is 36.3 Å². The molecule has 27 heavy (non-hydrogen) atoms. The Morgan fingerprint density at radius 3 is 1.93 bits per heavy atom. The van der Waals surface area contributed by atoms with E-state index in [1.54, 1.807) is 0 Å². The normalized spacial score (nSPS) is 13.1. The molecule has 1 aliphatic rings. The molecule has 0 saturated carbocycles. The Morgan fingerprint density at radius 2 is 1.30 bits per heavy atom. The molecular weight excluding hydrogens is 347 g/mol. The Bertz CT molecular complexity index is 987. The third-order valence-electron chi connectivity index (χ3n) is 5.27. The van der Waals surface area contributed by atoms with Crippen LogP contribution in [-0.4, -0.2) is 7.05 Å². The second-order valence-electron chi connectivity index (χ2n) is 7.11. The number of hydrogen-bond acceptors (Lipinski definition) is 1. The highest BCUT2D eigenvalue weighted by Gasteiger charge is 2.30. The molecule has 0 amide bonds. The van der Waals surface area contributed by atoms with E-state index < -0.39 is 11.7 Å². The molecule has 0 radical (unpaired) electrons. The van der Waals surface area contributed by atoms with Crippen LogP contribution in [0.4, 0.5) is 24.5 Å². The van der Waals surface area contributed by atoms with Gasteiger partial charge >= 0.3 is 6.18 Å². The fourth-order valence-corrected chi connectivity index (χ4v) is 3.74. The first-order valence-electron chi connectivity index (χ1n) is 8.97. The van der Waals surface area contributed by atoms with Gasteiger partial charge in [0.2, 0.25) is 0 Å². The molecule has 0 fully saturated rings. The van der Waals surface area contributed by atoms with Gasteiger partial charge < -0.3 is 4.90 Å². The van der Waals surface area contributed by atoms with Crippen molar-refractivity contribution in [3.05, 3.63) is 82.9 Å². The summed E-state index contributed by atoms with van der Waals surface area (Å²) < 4.78 is 38.3. The second kappa shape index (κ2) is 6.45. The zero-order valence-electron chi connectivity index (χ0n) is 15.3. The summed E-state index contributed by atoms with van der Waals surface area (Å²) in [7, 11) is 1.88. The van der Waals surface area contributed by atoms with Crippen LogP contribution in [0.1, 0.15) is 22.3 Å². The van der Waals surface area contributed by atoms with Gasteiger partial charge in [-0.2, -0.15) is 13.2 Å². The van der Waals surface area contributed by atoms with Gasteiger partial charge in [0.25, 0.3) is 0 Å². The average Bonchev–Trinajstić information content (AvgIpc) is 2.66. The molecule has 0 spiro atoms. The Balaban J connectivity index is 1.65.